The quantitative estimate of drug-likeness (QED) is 0.591. The summed E-state index contributed by atoms with van der Waals surface area (Å²) in [6.45, 7) is 4.39. The van der Waals surface area contributed by atoms with Crippen LogP contribution in [0.15, 0.2) is 18.2 Å². The summed E-state index contributed by atoms with van der Waals surface area (Å²) in [5.41, 5.74) is 6.71. The van der Waals surface area contributed by atoms with Crippen LogP contribution >= 0.6 is 0 Å². The van der Waals surface area contributed by atoms with Crippen molar-refractivity contribution in [2.45, 2.75) is 38.8 Å². The van der Waals surface area contributed by atoms with Gasteiger partial charge in [-0.2, -0.15) is 0 Å². The lowest BCUT2D eigenvalue weighted by atomic mass is 10.2. The van der Waals surface area contributed by atoms with E-state index in [-0.39, 0.29) is 17.8 Å². The maximum atomic E-state index is 10.9. The van der Waals surface area contributed by atoms with Gasteiger partial charge in [-0.1, -0.05) is 0 Å². The molecule has 1 fully saturated rings. The third-order valence-corrected chi connectivity index (χ3v) is 3.24. The van der Waals surface area contributed by atoms with Gasteiger partial charge in [0.1, 0.15) is 5.75 Å². The Kier molecular flexibility index (Phi) is 4.44. The summed E-state index contributed by atoms with van der Waals surface area (Å²) in [5, 5.41) is 14.1. The van der Waals surface area contributed by atoms with Crippen LogP contribution in [-0.4, -0.2) is 23.6 Å². The number of ether oxygens (including phenoxy) is 1. The zero-order valence-corrected chi connectivity index (χ0v) is 11.8. The molecule has 1 aromatic rings. The van der Waals surface area contributed by atoms with Crippen LogP contribution in [0.2, 0.25) is 0 Å². The van der Waals surface area contributed by atoms with E-state index in [4.69, 9.17) is 10.5 Å². The molecule has 1 saturated carbocycles. The smallest absolute Gasteiger partial charge is 0.275 e. The molecule has 0 bridgehead atoms. The summed E-state index contributed by atoms with van der Waals surface area (Å²) < 4.78 is 5.54. The summed E-state index contributed by atoms with van der Waals surface area (Å²) in [4.78, 5) is 10.5. The summed E-state index contributed by atoms with van der Waals surface area (Å²) >= 11 is 0. The average molecular weight is 279 g/mol. The summed E-state index contributed by atoms with van der Waals surface area (Å²) in [6.07, 6.45) is 2.33. The first kappa shape index (κ1) is 14.6. The summed E-state index contributed by atoms with van der Waals surface area (Å²) in [7, 11) is 0. The molecule has 3 N–H and O–H groups in total. The van der Waals surface area contributed by atoms with Crippen molar-refractivity contribution in [2.75, 3.05) is 11.9 Å². The fourth-order valence-corrected chi connectivity index (χ4v) is 2.06. The Morgan fingerprint density at radius 3 is 2.70 bits per heavy atom. The van der Waals surface area contributed by atoms with Gasteiger partial charge < -0.3 is 15.8 Å². The lowest BCUT2D eigenvalue weighted by molar-refractivity contribution is -0.384. The zero-order chi connectivity index (χ0) is 14.7. The standard InChI is InChI=1S/C14H21N3O3/c1-9(2)20-13-6-11(5-12(7-13)17(18)19)16-8-14(15)10-3-4-10/h5-7,9-10,14,16H,3-4,8,15H2,1-2H3. The molecule has 6 nitrogen and oxygen atoms in total. The number of non-ortho nitro benzene ring substituents is 1. The fraction of sp³-hybridized carbons (Fsp3) is 0.571. The van der Waals surface area contributed by atoms with E-state index in [2.05, 4.69) is 5.32 Å². The van der Waals surface area contributed by atoms with Gasteiger partial charge in [-0.15, -0.1) is 0 Å². The van der Waals surface area contributed by atoms with E-state index in [1.54, 1.807) is 6.07 Å². The van der Waals surface area contributed by atoms with Crippen LogP contribution in [0.1, 0.15) is 26.7 Å². The largest absolute Gasteiger partial charge is 0.491 e. The first-order valence-corrected chi connectivity index (χ1v) is 6.91. The van der Waals surface area contributed by atoms with Crippen LogP contribution in [0.4, 0.5) is 11.4 Å². The second-order valence-corrected chi connectivity index (χ2v) is 5.52. The lowest BCUT2D eigenvalue weighted by Gasteiger charge is -2.15. The van der Waals surface area contributed by atoms with Gasteiger partial charge in [-0.25, -0.2) is 0 Å². The monoisotopic (exact) mass is 279 g/mol. The number of rotatable bonds is 7. The molecule has 1 aromatic carbocycles. The molecule has 1 unspecified atom stereocenters. The van der Waals surface area contributed by atoms with Gasteiger partial charge in [0.15, 0.2) is 0 Å². The Bertz CT molecular complexity index is 487. The molecule has 0 aromatic heterocycles. The number of nitro groups is 1. The maximum absolute atomic E-state index is 10.9. The van der Waals surface area contributed by atoms with Crippen LogP contribution in [0, 0.1) is 16.0 Å². The minimum Gasteiger partial charge on any atom is -0.491 e. The summed E-state index contributed by atoms with van der Waals surface area (Å²) in [6, 6.07) is 4.81. The van der Waals surface area contributed by atoms with E-state index >= 15 is 0 Å². The molecule has 6 heteroatoms. The van der Waals surface area contributed by atoms with E-state index < -0.39 is 4.92 Å². The van der Waals surface area contributed by atoms with Crippen molar-refractivity contribution in [2.24, 2.45) is 11.7 Å². The van der Waals surface area contributed by atoms with Crippen LogP contribution in [-0.2, 0) is 0 Å². The van der Waals surface area contributed by atoms with Gasteiger partial charge in [0.05, 0.1) is 17.1 Å². The molecule has 1 aliphatic rings. The highest BCUT2D eigenvalue weighted by molar-refractivity contribution is 5.56. The predicted octanol–water partition coefficient (Wildman–Crippen LogP) is 2.53. The molecule has 1 atom stereocenters. The van der Waals surface area contributed by atoms with E-state index in [9.17, 15) is 10.1 Å². The Morgan fingerprint density at radius 2 is 2.15 bits per heavy atom. The average Bonchev–Trinajstić information content (AvgIpc) is 3.19. The SMILES string of the molecule is CC(C)Oc1cc(NCC(N)C2CC2)cc([N+](=O)[O-])c1. The Morgan fingerprint density at radius 1 is 1.45 bits per heavy atom. The summed E-state index contributed by atoms with van der Waals surface area (Å²) in [5.74, 6) is 1.09. The number of nitrogens with one attached hydrogen (secondary N) is 1. The third-order valence-electron chi connectivity index (χ3n) is 3.24. The highest BCUT2D eigenvalue weighted by Crippen LogP contribution is 2.32. The molecule has 1 aliphatic carbocycles. The van der Waals surface area contributed by atoms with Crippen molar-refractivity contribution in [1.82, 2.24) is 0 Å². The molecule has 0 amide bonds. The Hall–Kier alpha value is -1.82. The van der Waals surface area contributed by atoms with Crippen molar-refractivity contribution in [3.63, 3.8) is 0 Å². The Balaban J connectivity index is 2.08. The number of hydrogen-bond donors (Lipinski definition) is 2. The molecular formula is C14H21N3O3. The first-order chi connectivity index (χ1) is 9.45. The molecule has 0 radical (unpaired) electrons. The normalized spacial score (nSPS) is 16.0. The van der Waals surface area contributed by atoms with Crippen LogP contribution in [0.5, 0.6) is 5.75 Å². The fourth-order valence-electron chi connectivity index (χ4n) is 2.06. The highest BCUT2D eigenvalue weighted by atomic mass is 16.6. The lowest BCUT2D eigenvalue weighted by Crippen LogP contribution is -2.31. The van der Waals surface area contributed by atoms with Crippen molar-refractivity contribution in [3.8, 4) is 5.75 Å². The molecule has 110 valence electrons. The van der Waals surface area contributed by atoms with Crippen LogP contribution in [0.3, 0.4) is 0 Å². The molecular weight excluding hydrogens is 258 g/mol. The number of anilines is 1. The van der Waals surface area contributed by atoms with Gasteiger partial charge in [-0.3, -0.25) is 10.1 Å². The number of nitrogens with zero attached hydrogens (tertiary/aromatic N) is 1. The molecule has 2 rings (SSSR count). The van der Waals surface area contributed by atoms with E-state index in [1.807, 2.05) is 13.8 Å². The number of benzene rings is 1. The number of hydrogen-bond acceptors (Lipinski definition) is 5. The van der Waals surface area contributed by atoms with Crippen molar-refractivity contribution >= 4 is 11.4 Å². The van der Waals surface area contributed by atoms with Gasteiger partial charge in [0.25, 0.3) is 5.69 Å². The van der Waals surface area contributed by atoms with Gasteiger partial charge in [0, 0.05) is 30.4 Å². The zero-order valence-electron chi connectivity index (χ0n) is 11.8. The van der Waals surface area contributed by atoms with E-state index in [0.717, 1.165) is 0 Å². The first-order valence-electron chi connectivity index (χ1n) is 6.91. The van der Waals surface area contributed by atoms with Gasteiger partial charge >= 0.3 is 0 Å². The molecule has 0 saturated heterocycles. The van der Waals surface area contributed by atoms with Crippen molar-refractivity contribution in [3.05, 3.63) is 28.3 Å². The van der Waals surface area contributed by atoms with Crippen molar-refractivity contribution < 1.29 is 9.66 Å². The topological polar surface area (TPSA) is 90.4 Å². The molecule has 0 aliphatic heterocycles. The van der Waals surface area contributed by atoms with Crippen LogP contribution in [0.25, 0.3) is 0 Å². The third kappa shape index (κ3) is 4.09. The highest BCUT2D eigenvalue weighted by Gasteiger charge is 2.28. The second-order valence-electron chi connectivity index (χ2n) is 5.52. The van der Waals surface area contributed by atoms with Gasteiger partial charge in [-0.05, 0) is 32.6 Å². The molecule has 0 spiro atoms. The van der Waals surface area contributed by atoms with Crippen LogP contribution < -0.4 is 15.8 Å². The predicted molar refractivity (Wildman–Crippen MR) is 78.0 cm³/mol. The molecule has 0 heterocycles. The Labute approximate surface area is 118 Å². The second kappa shape index (κ2) is 6.09. The molecule has 20 heavy (non-hydrogen) atoms. The van der Waals surface area contributed by atoms with Crippen molar-refractivity contribution in [1.29, 1.82) is 0 Å². The number of nitrogens with two attached hydrogens (primary N) is 1. The minimum atomic E-state index is -0.417. The van der Waals surface area contributed by atoms with E-state index in [1.165, 1.54) is 25.0 Å². The maximum Gasteiger partial charge on any atom is 0.275 e. The van der Waals surface area contributed by atoms with E-state index in [0.29, 0.717) is 23.9 Å². The number of nitro benzene ring substituents is 1. The van der Waals surface area contributed by atoms with Gasteiger partial charge in [0.2, 0.25) is 0 Å². The minimum absolute atomic E-state index is 0.0191.